The molecule has 0 aliphatic heterocycles. The lowest BCUT2D eigenvalue weighted by molar-refractivity contribution is -0.0478. The van der Waals surface area contributed by atoms with Gasteiger partial charge in [-0.25, -0.2) is 0 Å². The third-order valence-corrected chi connectivity index (χ3v) is 7.97. The maximum Gasteiger partial charge on any atom is 0.138 e. The van der Waals surface area contributed by atoms with E-state index in [0.29, 0.717) is 6.04 Å². The zero-order valence-electron chi connectivity index (χ0n) is 14.5. The van der Waals surface area contributed by atoms with Crippen LogP contribution in [0, 0.1) is 5.41 Å². The van der Waals surface area contributed by atoms with Crippen molar-refractivity contribution in [2.24, 2.45) is 11.1 Å². The Labute approximate surface area is 132 Å². The van der Waals surface area contributed by atoms with E-state index >= 15 is 0 Å². The number of rotatable bonds is 10. The minimum absolute atomic E-state index is 0.00895. The lowest BCUT2D eigenvalue weighted by Gasteiger charge is -2.30. The molecule has 5 heteroatoms. The van der Waals surface area contributed by atoms with Crippen molar-refractivity contribution >= 4 is 8.80 Å². The van der Waals surface area contributed by atoms with E-state index in [-0.39, 0.29) is 11.3 Å². The predicted octanol–water partition coefficient (Wildman–Crippen LogP) is 2.21. The predicted molar refractivity (Wildman–Crippen MR) is 92.1 cm³/mol. The first-order valence-electron chi connectivity index (χ1n) is 8.51. The second-order valence-electron chi connectivity index (χ2n) is 7.25. The normalized spacial score (nSPS) is 19.1. The van der Waals surface area contributed by atoms with Crippen molar-refractivity contribution in [3.8, 4) is 0 Å². The van der Waals surface area contributed by atoms with Crippen LogP contribution in [0.5, 0.6) is 0 Å². The smallest absolute Gasteiger partial charge is 0.138 e. The summed E-state index contributed by atoms with van der Waals surface area (Å²) in [7, 11) is 2.39. The minimum Gasteiger partial charge on any atom is -0.360 e. The van der Waals surface area contributed by atoms with Crippen LogP contribution in [0.2, 0.25) is 6.04 Å². The fourth-order valence-electron chi connectivity index (χ4n) is 3.12. The maximum atomic E-state index is 5.86. The third kappa shape index (κ3) is 7.24. The highest BCUT2D eigenvalue weighted by Gasteiger charge is 2.27. The molecule has 1 saturated carbocycles. The van der Waals surface area contributed by atoms with Crippen LogP contribution < -0.4 is 11.1 Å². The van der Waals surface area contributed by atoms with Gasteiger partial charge in [0.1, 0.15) is 14.7 Å². The zero-order valence-corrected chi connectivity index (χ0v) is 15.6. The van der Waals surface area contributed by atoms with Gasteiger partial charge in [0.25, 0.3) is 0 Å². The van der Waals surface area contributed by atoms with Gasteiger partial charge in [-0.2, -0.15) is 0 Å². The SMILES string of the molecule is COC(OC)[SiH](CCC(C)(C)CN)CNC1CCCCC1. The molecule has 1 unspecified atom stereocenters. The average Bonchev–Trinajstić information content (AvgIpc) is 2.51. The minimum atomic E-state index is -1.14. The largest absolute Gasteiger partial charge is 0.360 e. The van der Waals surface area contributed by atoms with Crippen molar-refractivity contribution in [2.75, 3.05) is 26.9 Å². The summed E-state index contributed by atoms with van der Waals surface area (Å²) in [4.78, 5) is 0. The molecule has 1 fully saturated rings. The van der Waals surface area contributed by atoms with Gasteiger partial charge >= 0.3 is 0 Å². The Morgan fingerprint density at radius 1 is 1.19 bits per heavy atom. The number of ether oxygens (including phenoxy) is 2. The summed E-state index contributed by atoms with van der Waals surface area (Å²) in [5, 5.41) is 3.80. The summed E-state index contributed by atoms with van der Waals surface area (Å²) in [5.41, 5.74) is 6.09. The van der Waals surface area contributed by atoms with Crippen LogP contribution in [-0.2, 0) is 9.47 Å². The van der Waals surface area contributed by atoms with Gasteiger partial charge in [-0.05, 0) is 37.4 Å². The molecule has 1 aliphatic carbocycles. The quantitative estimate of drug-likeness (QED) is 0.479. The molecule has 3 N–H and O–H groups in total. The molecule has 1 aliphatic rings. The Balaban J connectivity index is 2.46. The van der Waals surface area contributed by atoms with Gasteiger partial charge in [0.2, 0.25) is 0 Å². The molecular weight excluding hydrogens is 280 g/mol. The molecule has 0 aromatic heterocycles. The molecule has 0 amide bonds. The molecule has 0 aromatic carbocycles. The molecule has 0 saturated heterocycles. The Morgan fingerprint density at radius 3 is 2.33 bits per heavy atom. The van der Waals surface area contributed by atoms with Crippen LogP contribution in [-0.4, -0.2) is 47.7 Å². The number of nitrogens with two attached hydrogens (primary N) is 1. The number of methoxy groups -OCH3 is 2. The average molecular weight is 317 g/mol. The third-order valence-electron chi connectivity index (χ3n) is 4.87. The van der Waals surface area contributed by atoms with Gasteiger partial charge < -0.3 is 20.5 Å². The van der Waals surface area contributed by atoms with Crippen molar-refractivity contribution < 1.29 is 9.47 Å². The monoisotopic (exact) mass is 316 g/mol. The van der Waals surface area contributed by atoms with Gasteiger partial charge in [0.05, 0.1) is 0 Å². The molecule has 0 heterocycles. The Morgan fingerprint density at radius 2 is 1.81 bits per heavy atom. The van der Waals surface area contributed by atoms with Crippen LogP contribution in [0.25, 0.3) is 0 Å². The van der Waals surface area contributed by atoms with E-state index in [1.54, 1.807) is 14.2 Å². The molecule has 1 atom stereocenters. The summed E-state index contributed by atoms with van der Waals surface area (Å²) in [5.74, 6) is 0.00895. The summed E-state index contributed by atoms with van der Waals surface area (Å²) in [6.45, 7) is 5.25. The summed E-state index contributed by atoms with van der Waals surface area (Å²) in [6, 6.07) is 1.93. The molecule has 21 heavy (non-hydrogen) atoms. The van der Waals surface area contributed by atoms with Gasteiger partial charge in [0, 0.05) is 20.3 Å². The standard InChI is InChI=1S/C16H36N2O2Si/c1-16(2,12-17)10-11-21(15(19-3)20-4)13-18-14-8-6-5-7-9-14/h14-15,18,21H,5-13,17H2,1-4H3. The highest BCUT2D eigenvalue weighted by Crippen LogP contribution is 2.23. The lowest BCUT2D eigenvalue weighted by atomic mass is 9.91. The Bertz CT molecular complexity index is 267. The van der Waals surface area contributed by atoms with Crippen LogP contribution in [0.15, 0.2) is 0 Å². The molecule has 4 nitrogen and oxygen atoms in total. The number of hydrogen-bond acceptors (Lipinski definition) is 4. The van der Waals surface area contributed by atoms with Gasteiger partial charge in [-0.1, -0.05) is 39.2 Å². The van der Waals surface area contributed by atoms with Gasteiger partial charge in [-0.3, -0.25) is 0 Å². The Hall–Kier alpha value is 0.0569. The first-order valence-corrected chi connectivity index (χ1v) is 10.8. The van der Waals surface area contributed by atoms with Crippen LogP contribution >= 0.6 is 0 Å². The summed E-state index contributed by atoms with van der Waals surface area (Å²) in [6.07, 6.45) is 9.10. The van der Waals surface area contributed by atoms with Crippen molar-refractivity contribution in [3.05, 3.63) is 0 Å². The van der Waals surface area contributed by atoms with Crippen molar-refractivity contribution in [1.29, 1.82) is 0 Å². The van der Waals surface area contributed by atoms with Crippen LogP contribution in [0.1, 0.15) is 52.4 Å². The first kappa shape index (κ1) is 19.1. The van der Waals surface area contributed by atoms with E-state index < -0.39 is 8.80 Å². The highest BCUT2D eigenvalue weighted by atomic mass is 28.3. The fraction of sp³-hybridized carbons (Fsp3) is 1.00. The van der Waals surface area contributed by atoms with Crippen LogP contribution in [0.4, 0.5) is 0 Å². The molecule has 1 rings (SSSR count). The molecule has 0 bridgehead atoms. The van der Waals surface area contributed by atoms with E-state index in [4.69, 9.17) is 15.2 Å². The molecule has 0 radical (unpaired) electrons. The fourth-order valence-corrected chi connectivity index (χ4v) is 6.35. The summed E-state index contributed by atoms with van der Waals surface area (Å²) < 4.78 is 11.1. The topological polar surface area (TPSA) is 56.5 Å². The van der Waals surface area contributed by atoms with Crippen molar-refractivity contribution in [1.82, 2.24) is 5.32 Å². The number of hydrogen-bond donors (Lipinski definition) is 2. The first-order chi connectivity index (χ1) is 10.0. The Kier molecular flexibility index (Phi) is 9.05. The van der Waals surface area contributed by atoms with E-state index in [2.05, 4.69) is 19.2 Å². The summed E-state index contributed by atoms with van der Waals surface area (Å²) >= 11 is 0. The second kappa shape index (κ2) is 9.95. The maximum absolute atomic E-state index is 5.86. The van der Waals surface area contributed by atoms with Gasteiger partial charge in [-0.15, -0.1) is 0 Å². The molecule has 0 spiro atoms. The lowest BCUT2D eigenvalue weighted by Crippen LogP contribution is -2.47. The van der Waals surface area contributed by atoms with E-state index in [1.165, 1.54) is 38.1 Å². The second-order valence-corrected chi connectivity index (χ2v) is 10.3. The zero-order chi connectivity index (χ0) is 15.7. The van der Waals surface area contributed by atoms with E-state index in [1.807, 2.05) is 0 Å². The van der Waals surface area contributed by atoms with E-state index in [0.717, 1.165) is 19.1 Å². The molecule has 0 aromatic rings. The van der Waals surface area contributed by atoms with E-state index in [9.17, 15) is 0 Å². The number of nitrogens with one attached hydrogen (secondary N) is 1. The van der Waals surface area contributed by atoms with Crippen molar-refractivity contribution in [3.63, 3.8) is 0 Å². The molecule has 126 valence electrons. The molecular formula is C16H36N2O2Si. The van der Waals surface area contributed by atoms with Crippen molar-refractivity contribution in [2.45, 2.75) is 70.4 Å². The van der Waals surface area contributed by atoms with Crippen LogP contribution in [0.3, 0.4) is 0 Å². The van der Waals surface area contributed by atoms with Gasteiger partial charge in [0.15, 0.2) is 0 Å². The highest BCUT2D eigenvalue weighted by molar-refractivity contribution is 6.60.